The average molecular weight is 443 g/mol. The van der Waals surface area contributed by atoms with Crippen LogP contribution in [0.3, 0.4) is 0 Å². The molecule has 29 heavy (non-hydrogen) atoms. The molecular formula is C18H21ClF6N4. The number of nitrogens with one attached hydrogen (secondary N) is 2. The van der Waals surface area contributed by atoms with Gasteiger partial charge in [-0.25, -0.2) is 0 Å². The summed E-state index contributed by atoms with van der Waals surface area (Å²) in [6.45, 7) is 2.08. The smallest absolute Gasteiger partial charge is 0.403 e. The molecule has 0 aliphatic carbocycles. The fraction of sp³-hybridized carbons (Fsp3) is 0.500. The van der Waals surface area contributed by atoms with E-state index in [1.165, 1.54) is 0 Å². The van der Waals surface area contributed by atoms with Gasteiger partial charge in [0.15, 0.2) is 0 Å². The van der Waals surface area contributed by atoms with Crippen molar-refractivity contribution in [3.8, 4) is 0 Å². The summed E-state index contributed by atoms with van der Waals surface area (Å²) in [7, 11) is 0. The number of nitrogens with zero attached hydrogens (tertiary/aromatic N) is 1. The number of hydrogen-bond acceptors (Lipinski definition) is 3. The molecule has 1 aromatic rings. The second-order valence-corrected chi connectivity index (χ2v) is 7.21. The zero-order valence-corrected chi connectivity index (χ0v) is 16.2. The van der Waals surface area contributed by atoms with Gasteiger partial charge in [-0.15, -0.1) is 0 Å². The van der Waals surface area contributed by atoms with Crippen molar-refractivity contribution in [3.63, 3.8) is 0 Å². The van der Waals surface area contributed by atoms with Crippen LogP contribution in [0.1, 0.15) is 36.5 Å². The van der Waals surface area contributed by atoms with E-state index in [-0.39, 0.29) is 41.1 Å². The summed E-state index contributed by atoms with van der Waals surface area (Å²) in [5.74, 6) is 0.0312. The lowest BCUT2D eigenvalue weighted by atomic mass is 10.0. The van der Waals surface area contributed by atoms with Gasteiger partial charge in [-0.3, -0.25) is 5.41 Å². The molecule has 4 nitrogen and oxygen atoms in total. The second-order valence-electron chi connectivity index (χ2n) is 6.81. The van der Waals surface area contributed by atoms with E-state index in [0.29, 0.717) is 31.5 Å². The van der Waals surface area contributed by atoms with E-state index in [1.807, 2.05) is 6.92 Å². The molecule has 1 saturated heterocycles. The van der Waals surface area contributed by atoms with E-state index in [4.69, 9.17) is 22.7 Å². The van der Waals surface area contributed by atoms with Crippen molar-refractivity contribution in [3.05, 3.63) is 46.1 Å². The maximum atomic E-state index is 13.0. The van der Waals surface area contributed by atoms with E-state index >= 15 is 0 Å². The summed E-state index contributed by atoms with van der Waals surface area (Å²) in [5, 5.41) is 11.1. The maximum Gasteiger partial charge on any atom is 0.416 e. The van der Waals surface area contributed by atoms with Crippen LogP contribution >= 0.6 is 11.6 Å². The number of halogens is 7. The fourth-order valence-electron chi connectivity index (χ4n) is 3.33. The van der Waals surface area contributed by atoms with Gasteiger partial charge < -0.3 is 16.0 Å². The molecule has 0 amide bonds. The molecule has 2 unspecified atom stereocenters. The summed E-state index contributed by atoms with van der Waals surface area (Å²) in [6, 6.07) is 1.26. The van der Waals surface area contributed by atoms with E-state index in [9.17, 15) is 26.3 Å². The number of likely N-dealkylation sites (tertiary alicyclic amines) is 1. The highest BCUT2D eigenvalue weighted by Crippen LogP contribution is 2.36. The zero-order chi connectivity index (χ0) is 22.0. The average Bonchev–Trinajstić information content (AvgIpc) is 3.06. The molecule has 1 aliphatic heterocycles. The summed E-state index contributed by atoms with van der Waals surface area (Å²) in [5.41, 5.74) is 2.53. The lowest BCUT2D eigenvalue weighted by Crippen LogP contribution is -2.37. The highest BCUT2D eigenvalue weighted by molar-refractivity contribution is 6.42. The van der Waals surface area contributed by atoms with Gasteiger partial charge in [0.25, 0.3) is 0 Å². The van der Waals surface area contributed by atoms with Crippen molar-refractivity contribution < 1.29 is 26.3 Å². The van der Waals surface area contributed by atoms with Gasteiger partial charge in [-0.05, 0) is 36.6 Å². The largest absolute Gasteiger partial charge is 0.416 e. The first-order valence-electron chi connectivity index (χ1n) is 8.81. The molecule has 0 aromatic heterocycles. The number of alkyl halides is 6. The molecule has 162 valence electrons. The van der Waals surface area contributed by atoms with Crippen molar-refractivity contribution in [2.45, 2.75) is 50.7 Å². The van der Waals surface area contributed by atoms with Gasteiger partial charge in [0, 0.05) is 31.4 Å². The lowest BCUT2D eigenvalue weighted by Gasteiger charge is -2.25. The third-order valence-electron chi connectivity index (χ3n) is 4.79. The van der Waals surface area contributed by atoms with E-state index in [1.54, 1.807) is 4.90 Å². The Balaban J connectivity index is 2.16. The summed E-state index contributed by atoms with van der Waals surface area (Å²) < 4.78 is 77.9. The van der Waals surface area contributed by atoms with Gasteiger partial charge in [-0.1, -0.05) is 18.5 Å². The van der Waals surface area contributed by atoms with Crippen molar-refractivity contribution in [1.29, 1.82) is 5.41 Å². The Morgan fingerprint density at radius 2 is 1.76 bits per heavy atom. The molecule has 2 atom stereocenters. The quantitative estimate of drug-likeness (QED) is 0.352. The number of benzene rings is 1. The Hall–Kier alpha value is -1.94. The Morgan fingerprint density at radius 1 is 1.21 bits per heavy atom. The molecule has 11 heteroatoms. The van der Waals surface area contributed by atoms with Crippen molar-refractivity contribution in [2.24, 2.45) is 5.73 Å². The SMILES string of the molecule is CCC1CC(NCc2cc(C(F)(F)F)cc(C(F)(F)F)c2)CN1C(=N)C(Cl)=CN. The van der Waals surface area contributed by atoms with Crippen LogP contribution in [0.25, 0.3) is 0 Å². The Morgan fingerprint density at radius 3 is 2.21 bits per heavy atom. The highest BCUT2D eigenvalue weighted by Gasteiger charge is 2.37. The molecule has 1 fully saturated rings. The molecule has 0 saturated carbocycles. The Labute approximate surface area is 169 Å². The zero-order valence-electron chi connectivity index (χ0n) is 15.5. The highest BCUT2D eigenvalue weighted by atomic mass is 35.5. The molecule has 0 spiro atoms. The lowest BCUT2D eigenvalue weighted by molar-refractivity contribution is -0.143. The monoisotopic (exact) mass is 442 g/mol. The van der Waals surface area contributed by atoms with E-state index in [0.717, 1.165) is 6.20 Å². The first-order chi connectivity index (χ1) is 13.4. The van der Waals surface area contributed by atoms with Gasteiger partial charge in [0.2, 0.25) is 0 Å². The molecule has 0 radical (unpaired) electrons. The fourth-order valence-corrected chi connectivity index (χ4v) is 3.43. The van der Waals surface area contributed by atoms with Crippen LogP contribution in [-0.2, 0) is 18.9 Å². The third-order valence-corrected chi connectivity index (χ3v) is 5.09. The van der Waals surface area contributed by atoms with Crippen LogP contribution in [-0.4, -0.2) is 29.4 Å². The first kappa shape index (κ1) is 23.3. The third kappa shape index (κ3) is 5.79. The minimum absolute atomic E-state index is 0.0312. The number of rotatable bonds is 5. The summed E-state index contributed by atoms with van der Waals surface area (Å²) in [6.07, 6.45) is -7.41. The van der Waals surface area contributed by atoms with Crippen LogP contribution in [0.4, 0.5) is 26.3 Å². The van der Waals surface area contributed by atoms with Crippen LogP contribution in [0.2, 0.25) is 0 Å². The van der Waals surface area contributed by atoms with Crippen LogP contribution in [0, 0.1) is 5.41 Å². The molecule has 1 heterocycles. The molecular weight excluding hydrogens is 422 g/mol. The van der Waals surface area contributed by atoms with Gasteiger partial charge in [0.05, 0.1) is 16.2 Å². The van der Waals surface area contributed by atoms with Gasteiger partial charge in [0.1, 0.15) is 5.84 Å². The first-order valence-corrected chi connectivity index (χ1v) is 9.19. The second kappa shape index (κ2) is 8.83. The van der Waals surface area contributed by atoms with Crippen molar-refractivity contribution >= 4 is 17.4 Å². The van der Waals surface area contributed by atoms with Gasteiger partial charge in [-0.2, -0.15) is 26.3 Å². The van der Waals surface area contributed by atoms with Crippen LogP contribution < -0.4 is 11.1 Å². The predicted octanol–water partition coefficient (Wildman–Crippen LogP) is 4.68. The molecule has 0 bridgehead atoms. The minimum Gasteiger partial charge on any atom is -0.403 e. The normalized spacial score (nSPS) is 21.0. The standard InChI is InChI=1S/C18H21ClF6N4/c1-2-14-6-13(9-29(14)16(27)15(19)7-26)28-8-10-3-11(17(20,21)22)5-12(4-10)18(23,24)25/h3-5,7,13-14,27-28H,2,6,8-9,26H2,1H3. The Bertz CT molecular complexity index is 742. The summed E-state index contributed by atoms with van der Waals surface area (Å²) >= 11 is 5.90. The predicted molar refractivity (Wildman–Crippen MR) is 98.3 cm³/mol. The molecule has 1 aromatic carbocycles. The maximum absolute atomic E-state index is 13.0. The van der Waals surface area contributed by atoms with Crippen molar-refractivity contribution in [2.75, 3.05) is 6.54 Å². The molecule has 2 rings (SSSR count). The number of hydrogen-bond donors (Lipinski definition) is 3. The molecule has 4 N–H and O–H groups in total. The van der Waals surface area contributed by atoms with Crippen LogP contribution in [0.15, 0.2) is 29.4 Å². The number of nitrogens with two attached hydrogens (primary N) is 1. The summed E-state index contributed by atoms with van der Waals surface area (Å²) in [4.78, 5) is 1.72. The number of amidine groups is 1. The van der Waals surface area contributed by atoms with Crippen molar-refractivity contribution in [1.82, 2.24) is 10.2 Å². The topological polar surface area (TPSA) is 65.1 Å². The molecule has 1 aliphatic rings. The van der Waals surface area contributed by atoms with E-state index < -0.39 is 23.5 Å². The van der Waals surface area contributed by atoms with Gasteiger partial charge >= 0.3 is 12.4 Å². The van der Waals surface area contributed by atoms with Crippen LogP contribution in [0.5, 0.6) is 0 Å². The Kier molecular flexibility index (Phi) is 7.10. The van der Waals surface area contributed by atoms with E-state index in [2.05, 4.69) is 5.32 Å². The minimum atomic E-state index is -4.88.